The molecule has 0 spiro atoms. The van der Waals surface area contributed by atoms with E-state index in [2.05, 4.69) is 25.7 Å². The summed E-state index contributed by atoms with van der Waals surface area (Å²) in [5.74, 6) is -2.54. The van der Waals surface area contributed by atoms with Crippen molar-refractivity contribution in [3.63, 3.8) is 0 Å². The maximum absolute atomic E-state index is 13.4. The van der Waals surface area contributed by atoms with Gasteiger partial charge in [-0.2, -0.15) is 8.78 Å². The third-order valence-corrected chi connectivity index (χ3v) is 7.12. The summed E-state index contributed by atoms with van der Waals surface area (Å²) < 4.78 is 35.5. The summed E-state index contributed by atoms with van der Waals surface area (Å²) in [5, 5.41) is 8.31. The Bertz CT molecular complexity index is 1190. The number of rotatable bonds is 15. The number of carbonyl (C=O) groups is 4. The molecule has 4 atom stereocenters. The molecule has 1 aromatic heterocycles. The van der Waals surface area contributed by atoms with Gasteiger partial charge < -0.3 is 25.4 Å². The van der Waals surface area contributed by atoms with Crippen LogP contribution in [0, 0.1) is 12.8 Å². The van der Waals surface area contributed by atoms with Crippen LogP contribution in [0.4, 0.5) is 8.78 Å². The predicted octanol–water partition coefficient (Wildman–Crippen LogP) is 2.41. The number of ether oxygens (including phenoxy) is 2. The van der Waals surface area contributed by atoms with E-state index < -0.39 is 54.7 Å². The van der Waals surface area contributed by atoms with E-state index in [-0.39, 0.29) is 36.0 Å². The number of thiazole rings is 1. The van der Waals surface area contributed by atoms with Crippen LogP contribution in [0.5, 0.6) is 0 Å². The summed E-state index contributed by atoms with van der Waals surface area (Å²) in [5.41, 5.74) is -0.306. The molecule has 3 rings (SSSR count). The number of Topliss-reactive ketones (excluding diaryl/α,β-unsaturated/α-hetero) is 1. The molecule has 0 radical (unpaired) electrons. The van der Waals surface area contributed by atoms with Crippen LogP contribution in [0.25, 0.3) is 0 Å². The molecule has 1 fully saturated rings. The lowest BCUT2D eigenvalue weighted by Crippen LogP contribution is -2.58. The van der Waals surface area contributed by atoms with Gasteiger partial charge in [-0.3, -0.25) is 19.2 Å². The van der Waals surface area contributed by atoms with Crippen LogP contribution in [-0.2, 0) is 30.3 Å². The molecule has 1 aliphatic heterocycles. The van der Waals surface area contributed by atoms with Crippen LogP contribution in [-0.4, -0.2) is 72.0 Å². The normalized spacial score (nSPS) is 18.6. The topological polar surface area (TPSA) is 139 Å². The summed E-state index contributed by atoms with van der Waals surface area (Å²) in [6.45, 7) is 3.22. The second-order valence-electron chi connectivity index (χ2n) is 10.2. The van der Waals surface area contributed by atoms with Gasteiger partial charge in [0.15, 0.2) is 5.78 Å². The van der Waals surface area contributed by atoms with Gasteiger partial charge in [0.1, 0.15) is 22.6 Å². The van der Waals surface area contributed by atoms with Gasteiger partial charge in [-0.25, -0.2) is 4.98 Å². The fourth-order valence-electron chi connectivity index (χ4n) is 3.97. The number of amides is 3. The van der Waals surface area contributed by atoms with Crippen molar-refractivity contribution in [1.82, 2.24) is 20.9 Å². The highest BCUT2D eigenvalue weighted by Crippen LogP contribution is 2.29. The molecule has 0 bridgehead atoms. The van der Waals surface area contributed by atoms with E-state index in [1.165, 1.54) is 6.20 Å². The average Bonchev–Trinajstić information content (AvgIpc) is 3.50. The highest BCUT2D eigenvalue weighted by molar-refractivity contribution is 7.13. The fraction of sp³-hybridized carbons (Fsp3) is 0.519. The first kappa shape index (κ1) is 31.2. The van der Waals surface area contributed by atoms with Crippen molar-refractivity contribution in [1.29, 1.82) is 0 Å². The zero-order valence-electron chi connectivity index (χ0n) is 22.7. The minimum Gasteiger partial charge on any atom is -0.361 e. The lowest BCUT2D eigenvalue weighted by molar-refractivity contribution is -0.148. The Morgan fingerprint density at radius 2 is 1.68 bits per heavy atom. The number of nitrogens with one attached hydrogen (secondary N) is 3. The molecule has 2 aromatic rings. The maximum atomic E-state index is 13.4. The highest BCUT2D eigenvalue weighted by Gasteiger charge is 2.50. The number of carbonyl (C=O) groups excluding carboxylic acids is 4. The third-order valence-electron chi connectivity index (χ3n) is 6.21. The number of epoxide rings is 1. The van der Waals surface area contributed by atoms with Gasteiger partial charge in [0.05, 0.1) is 30.5 Å². The van der Waals surface area contributed by atoms with Crippen molar-refractivity contribution in [3.05, 3.63) is 52.0 Å². The molecular weight excluding hydrogens is 546 g/mol. The summed E-state index contributed by atoms with van der Waals surface area (Å²) >= 11 is 1.14. The molecule has 1 aliphatic rings. The molecule has 1 saturated heterocycles. The van der Waals surface area contributed by atoms with Gasteiger partial charge in [-0.05, 0) is 31.7 Å². The smallest absolute Gasteiger partial charge is 0.345 e. The molecule has 218 valence electrons. The minimum atomic E-state index is -3.20. The molecule has 2 heterocycles. The van der Waals surface area contributed by atoms with E-state index in [1.54, 1.807) is 44.2 Å². The molecule has 3 amide bonds. The summed E-state index contributed by atoms with van der Waals surface area (Å²) in [6.07, 6.45) is 1.72. The molecule has 40 heavy (non-hydrogen) atoms. The second-order valence-corrected chi connectivity index (χ2v) is 11.4. The van der Waals surface area contributed by atoms with E-state index in [4.69, 9.17) is 4.74 Å². The number of aromatic nitrogens is 1. The van der Waals surface area contributed by atoms with E-state index >= 15 is 0 Å². The van der Waals surface area contributed by atoms with Crippen LogP contribution in [0.3, 0.4) is 0 Å². The maximum Gasteiger partial charge on any atom is 0.345 e. The monoisotopic (exact) mass is 580 g/mol. The Morgan fingerprint density at radius 1 is 1.05 bits per heavy atom. The number of halogens is 2. The standard InChI is InChI=1S/C27H34F2N4O6S/c1-15(2)10-18(22(34)27(4)14-39-27)31-24(36)20(13-38-26(28)29)33-23(35)19(11-17-8-6-5-7-9-17)32-25(37)21-12-30-16(3)40-21/h5-9,12,15,18-20,26H,10-11,13-14H2,1-4H3,(H,31,36)(H,32,37)(H,33,35)/t18?,19-,20-,27+/m0/s1. The fourth-order valence-corrected chi connectivity index (χ4v) is 4.65. The molecule has 0 aliphatic carbocycles. The Morgan fingerprint density at radius 3 is 2.23 bits per heavy atom. The van der Waals surface area contributed by atoms with Gasteiger partial charge >= 0.3 is 6.61 Å². The van der Waals surface area contributed by atoms with Gasteiger partial charge in [0.25, 0.3) is 5.91 Å². The van der Waals surface area contributed by atoms with E-state index in [1.807, 2.05) is 13.8 Å². The highest BCUT2D eigenvalue weighted by atomic mass is 32.1. The molecule has 13 heteroatoms. The number of aryl methyl sites for hydroxylation is 1. The summed E-state index contributed by atoms with van der Waals surface area (Å²) in [7, 11) is 0. The Hall–Kier alpha value is -3.29. The van der Waals surface area contributed by atoms with E-state index in [0.717, 1.165) is 11.3 Å². The van der Waals surface area contributed by atoms with Crippen LogP contribution in [0.2, 0.25) is 0 Å². The van der Waals surface area contributed by atoms with Gasteiger partial charge in [-0.1, -0.05) is 44.2 Å². The Kier molecular flexibility index (Phi) is 10.8. The predicted molar refractivity (Wildman–Crippen MR) is 143 cm³/mol. The first-order valence-corrected chi connectivity index (χ1v) is 13.7. The van der Waals surface area contributed by atoms with Gasteiger partial charge in [-0.15, -0.1) is 11.3 Å². The first-order valence-electron chi connectivity index (χ1n) is 12.8. The molecule has 3 N–H and O–H groups in total. The van der Waals surface area contributed by atoms with Crippen molar-refractivity contribution >= 4 is 34.8 Å². The lowest BCUT2D eigenvalue weighted by atomic mass is 9.93. The number of hydrogen-bond acceptors (Lipinski definition) is 8. The van der Waals surface area contributed by atoms with Crippen molar-refractivity contribution in [2.45, 2.75) is 70.9 Å². The number of benzene rings is 1. The zero-order chi connectivity index (χ0) is 29.4. The summed E-state index contributed by atoms with van der Waals surface area (Å²) in [4.78, 5) is 56.8. The van der Waals surface area contributed by atoms with Crippen LogP contribution < -0.4 is 16.0 Å². The number of nitrogens with zero attached hydrogens (tertiary/aromatic N) is 1. The molecule has 1 unspecified atom stereocenters. The SMILES string of the molecule is Cc1ncc(C(=O)N[C@@H](Cc2ccccc2)C(=O)N[C@@H](COC(F)F)C(=O)NC(CC(C)C)C(=O)[C@@]2(C)CO2)s1. The number of hydrogen-bond donors (Lipinski definition) is 3. The zero-order valence-corrected chi connectivity index (χ0v) is 23.6. The van der Waals surface area contributed by atoms with Crippen molar-refractivity contribution in [2.75, 3.05) is 13.2 Å². The largest absolute Gasteiger partial charge is 0.361 e. The first-order chi connectivity index (χ1) is 18.9. The molecular formula is C27H34F2N4O6S. The average molecular weight is 581 g/mol. The molecule has 10 nitrogen and oxygen atoms in total. The van der Waals surface area contributed by atoms with Crippen molar-refractivity contribution in [3.8, 4) is 0 Å². The molecule has 0 saturated carbocycles. The van der Waals surface area contributed by atoms with Crippen LogP contribution >= 0.6 is 11.3 Å². The number of ketones is 1. The quantitative estimate of drug-likeness (QED) is 0.275. The van der Waals surface area contributed by atoms with E-state index in [9.17, 15) is 28.0 Å². The van der Waals surface area contributed by atoms with E-state index in [0.29, 0.717) is 10.6 Å². The Balaban J connectivity index is 1.79. The third kappa shape index (κ3) is 9.14. The minimum absolute atomic E-state index is 0.0165. The second kappa shape index (κ2) is 13.9. The van der Waals surface area contributed by atoms with Crippen molar-refractivity contribution < 1.29 is 37.4 Å². The van der Waals surface area contributed by atoms with Crippen LogP contribution in [0.1, 0.15) is 47.4 Å². The number of alkyl halides is 2. The van der Waals surface area contributed by atoms with Gasteiger partial charge in [0.2, 0.25) is 11.8 Å². The molecule has 1 aromatic carbocycles. The van der Waals surface area contributed by atoms with Crippen LogP contribution in [0.15, 0.2) is 36.5 Å². The van der Waals surface area contributed by atoms with Crippen molar-refractivity contribution in [2.24, 2.45) is 5.92 Å². The summed E-state index contributed by atoms with van der Waals surface area (Å²) in [6, 6.07) is 5.15. The Labute approximate surface area is 235 Å². The van der Waals surface area contributed by atoms with Gasteiger partial charge in [0, 0.05) is 6.42 Å². The lowest BCUT2D eigenvalue weighted by Gasteiger charge is -2.26.